The van der Waals surface area contributed by atoms with Crippen LogP contribution in [-0.2, 0) is 4.79 Å². The molecule has 0 unspecified atom stereocenters. The molecule has 5 heteroatoms. The predicted octanol–water partition coefficient (Wildman–Crippen LogP) is 5.04. The van der Waals surface area contributed by atoms with Gasteiger partial charge in [-0.3, -0.25) is 4.79 Å². The Morgan fingerprint density at radius 1 is 0.741 bits per heavy atom. The van der Waals surface area contributed by atoms with Crippen LogP contribution in [0, 0.1) is 36.9 Å². The van der Waals surface area contributed by atoms with Gasteiger partial charge in [-0.25, -0.2) is 0 Å². The van der Waals surface area contributed by atoms with E-state index in [4.69, 9.17) is 11.5 Å². The van der Waals surface area contributed by atoms with E-state index in [2.05, 4.69) is 12.2 Å². The Labute approximate surface area is 198 Å². The third-order valence-corrected chi connectivity index (χ3v) is 5.14. The molecule has 0 bridgehead atoms. The van der Waals surface area contributed by atoms with Crippen LogP contribution in [0.2, 0.25) is 0 Å². The summed E-state index contributed by atoms with van der Waals surface area (Å²) in [6.45, 7) is 3.71. The largest absolute Gasteiger partial charge is 0.355 e. The van der Waals surface area contributed by atoms with Crippen LogP contribution < -0.4 is 16.8 Å². The fraction of sp³-hybridized carbons (Fsp3) is 0.955. The fourth-order valence-electron chi connectivity index (χ4n) is 3.30. The van der Waals surface area contributed by atoms with Gasteiger partial charge in [-0.2, -0.15) is 0 Å². The van der Waals surface area contributed by atoms with Crippen molar-refractivity contribution in [2.24, 2.45) is 11.5 Å². The standard InChI is InChI=1S/C22H47N3O.Lu/c1-2-3-4-5-6-7-8-9-10-11-12-13-14-17-20-25-22(26)21(24)18-15-16-19-23;/h21H,2-20,23-24H2,1H3,(H,25,26);/t21-;/m0./s1. The van der Waals surface area contributed by atoms with Crippen molar-refractivity contribution < 1.29 is 41.7 Å². The maximum absolute atomic E-state index is 11.8. The number of hydrogen-bond donors (Lipinski definition) is 3. The molecule has 171 valence electrons. The van der Waals surface area contributed by atoms with E-state index < -0.39 is 0 Å². The van der Waals surface area contributed by atoms with Gasteiger partial charge in [0.05, 0.1) is 6.04 Å². The van der Waals surface area contributed by atoms with Gasteiger partial charge in [0, 0.05) is 43.4 Å². The van der Waals surface area contributed by atoms with Crippen LogP contribution >= 0.6 is 0 Å². The second-order valence-corrected chi connectivity index (χ2v) is 7.78. The maximum Gasteiger partial charge on any atom is 0.236 e. The first-order valence-electron chi connectivity index (χ1n) is 11.5. The maximum atomic E-state index is 11.8. The molecule has 27 heavy (non-hydrogen) atoms. The molecule has 5 N–H and O–H groups in total. The summed E-state index contributed by atoms with van der Waals surface area (Å²) in [7, 11) is 0. The van der Waals surface area contributed by atoms with Gasteiger partial charge < -0.3 is 16.8 Å². The quantitative estimate of drug-likeness (QED) is 0.188. The van der Waals surface area contributed by atoms with Crippen molar-refractivity contribution in [3.8, 4) is 0 Å². The van der Waals surface area contributed by atoms with Gasteiger partial charge in [-0.15, -0.1) is 0 Å². The van der Waals surface area contributed by atoms with E-state index in [1.165, 1.54) is 83.5 Å². The molecule has 0 aliphatic rings. The van der Waals surface area contributed by atoms with Crippen molar-refractivity contribution in [1.82, 2.24) is 5.32 Å². The normalized spacial score (nSPS) is 11.8. The zero-order valence-electron chi connectivity index (χ0n) is 17.8. The topological polar surface area (TPSA) is 81.1 Å². The van der Waals surface area contributed by atoms with Gasteiger partial charge in [0.2, 0.25) is 5.91 Å². The SMILES string of the molecule is CCCCCCCCCCCCCCCCNC(=O)[C@@H](N)CCCCN.[Lu]. The molecule has 0 aromatic heterocycles. The second kappa shape index (κ2) is 24.7. The van der Waals surface area contributed by atoms with Crippen LogP contribution in [0.4, 0.5) is 0 Å². The second-order valence-electron chi connectivity index (χ2n) is 7.78. The zero-order valence-corrected chi connectivity index (χ0v) is 19.5. The number of unbranched alkanes of at least 4 members (excludes halogenated alkanes) is 14. The molecule has 4 nitrogen and oxygen atoms in total. The van der Waals surface area contributed by atoms with Gasteiger partial charge in [0.1, 0.15) is 0 Å². The molecule has 0 saturated carbocycles. The number of amides is 1. The third kappa shape index (κ3) is 22.8. The molecule has 0 heterocycles. The van der Waals surface area contributed by atoms with Gasteiger partial charge >= 0.3 is 0 Å². The molecular weight excluding hydrogens is 497 g/mol. The summed E-state index contributed by atoms with van der Waals surface area (Å²) in [5.74, 6) is -0.00304. The van der Waals surface area contributed by atoms with Crippen LogP contribution in [0.3, 0.4) is 0 Å². The Hall–Kier alpha value is 0.624. The molecule has 1 atom stereocenters. The zero-order chi connectivity index (χ0) is 19.3. The Morgan fingerprint density at radius 3 is 1.63 bits per heavy atom. The Morgan fingerprint density at radius 2 is 1.19 bits per heavy atom. The molecule has 0 aromatic carbocycles. The van der Waals surface area contributed by atoms with Crippen LogP contribution in [0.1, 0.15) is 116 Å². The average Bonchev–Trinajstić information content (AvgIpc) is 2.64. The Balaban J connectivity index is 0. The number of nitrogens with two attached hydrogens (primary N) is 2. The van der Waals surface area contributed by atoms with Crippen molar-refractivity contribution in [2.75, 3.05) is 13.1 Å². The molecule has 0 aromatic rings. The first-order valence-corrected chi connectivity index (χ1v) is 11.5. The molecule has 0 spiro atoms. The van der Waals surface area contributed by atoms with Crippen molar-refractivity contribution in [3.63, 3.8) is 0 Å². The number of carbonyl (C=O) groups is 1. The van der Waals surface area contributed by atoms with E-state index in [0.717, 1.165) is 32.2 Å². The molecule has 0 aliphatic carbocycles. The first-order chi connectivity index (χ1) is 12.7. The molecule has 0 fully saturated rings. The van der Waals surface area contributed by atoms with Crippen LogP contribution in [0.5, 0.6) is 0 Å². The van der Waals surface area contributed by atoms with Crippen molar-refractivity contribution in [3.05, 3.63) is 0 Å². The predicted molar refractivity (Wildman–Crippen MR) is 114 cm³/mol. The first kappa shape index (κ1) is 29.8. The average molecular weight is 545 g/mol. The summed E-state index contributed by atoms with van der Waals surface area (Å²) in [4.78, 5) is 11.8. The number of nitrogens with one attached hydrogen (secondary N) is 1. The van der Waals surface area contributed by atoms with Crippen molar-refractivity contribution in [2.45, 2.75) is 122 Å². The van der Waals surface area contributed by atoms with Gasteiger partial charge in [-0.05, 0) is 25.8 Å². The summed E-state index contributed by atoms with van der Waals surface area (Å²) in [6, 6.07) is -0.367. The minimum atomic E-state index is -0.367. The number of hydrogen-bond acceptors (Lipinski definition) is 3. The minimum Gasteiger partial charge on any atom is -0.355 e. The smallest absolute Gasteiger partial charge is 0.236 e. The summed E-state index contributed by atoms with van der Waals surface area (Å²) >= 11 is 0. The van der Waals surface area contributed by atoms with E-state index in [1.807, 2.05) is 0 Å². The number of carbonyl (C=O) groups excluding carboxylic acids is 1. The molecule has 0 rings (SSSR count). The Bertz CT molecular complexity index is 303. The summed E-state index contributed by atoms with van der Waals surface area (Å²) in [5.41, 5.74) is 11.3. The van der Waals surface area contributed by atoms with Crippen LogP contribution in [-0.4, -0.2) is 25.0 Å². The summed E-state index contributed by atoms with van der Waals surface area (Å²) in [5, 5.41) is 2.96. The molecule has 1 radical (unpaired) electrons. The van der Waals surface area contributed by atoms with Crippen molar-refractivity contribution in [1.29, 1.82) is 0 Å². The molecule has 0 saturated heterocycles. The summed E-state index contributed by atoms with van der Waals surface area (Å²) < 4.78 is 0. The molecule has 0 aliphatic heterocycles. The van der Waals surface area contributed by atoms with E-state index in [9.17, 15) is 4.79 Å². The van der Waals surface area contributed by atoms with Crippen LogP contribution in [0.15, 0.2) is 0 Å². The summed E-state index contributed by atoms with van der Waals surface area (Å²) in [6.07, 6.45) is 21.6. The van der Waals surface area contributed by atoms with Gasteiger partial charge in [0.25, 0.3) is 0 Å². The number of rotatable bonds is 20. The van der Waals surface area contributed by atoms with E-state index in [1.54, 1.807) is 0 Å². The minimum absolute atomic E-state index is 0. The monoisotopic (exact) mass is 544 g/mol. The van der Waals surface area contributed by atoms with E-state index >= 15 is 0 Å². The van der Waals surface area contributed by atoms with E-state index in [-0.39, 0.29) is 48.8 Å². The third-order valence-electron chi connectivity index (χ3n) is 5.14. The fourth-order valence-corrected chi connectivity index (χ4v) is 3.30. The molecular formula is C22H47LuN3O. The Kier molecular flexibility index (Phi) is 27.2. The van der Waals surface area contributed by atoms with Gasteiger partial charge in [-0.1, -0.05) is 96.8 Å². The van der Waals surface area contributed by atoms with Crippen molar-refractivity contribution >= 4 is 5.91 Å². The molecule has 1 amide bonds. The van der Waals surface area contributed by atoms with Crippen LogP contribution in [0.25, 0.3) is 0 Å². The van der Waals surface area contributed by atoms with E-state index in [0.29, 0.717) is 6.54 Å². The van der Waals surface area contributed by atoms with Gasteiger partial charge in [0.15, 0.2) is 0 Å².